The predicted molar refractivity (Wildman–Crippen MR) is 60.6 cm³/mol. The topological polar surface area (TPSA) is 50.3 Å². The molecule has 0 spiro atoms. The first kappa shape index (κ1) is 10.8. The number of aldehydes is 2. The Balaban J connectivity index is 2.02. The molecular weight excluding hydrogens is 204 g/mol. The number of piperidine rings is 1. The maximum atomic E-state index is 10.6. The van der Waals surface area contributed by atoms with Gasteiger partial charge in [0.1, 0.15) is 12.0 Å². The van der Waals surface area contributed by atoms with Gasteiger partial charge in [-0.1, -0.05) is 0 Å². The third-order valence-corrected chi connectivity index (χ3v) is 2.99. The molecular formula is C12H14N2O2. The van der Waals surface area contributed by atoms with Gasteiger partial charge in [-0.3, -0.25) is 9.78 Å². The number of anilines is 1. The maximum Gasteiger partial charge on any atom is 0.168 e. The van der Waals surface area contributed by atoms with Gasteiger partial charge < -0.3 is 9.69 Å². The largest absolute Gasteiger partial charge is 0.370 e. The molecule has 16 heavy (non-hydrogen) atoms. The standard InChI is InChI=1S/C12H14N2O2/c15-8-10-3-5-14(6-4-10)12-2-1-11(9-16)13-7-12/h1-2,7-10H,3-6H2. The molecule has 0 unspecified atom stereocenters. The summed E-state index contributed by atoms with van der Waals surface area (Å²) >= 11 is 0. The first-order valence-corrected chi connectivity index (χ1v) is 5.45. The molecule has 0 bridgehead atoms. The Morgan fingerprint density at radius 1 is 1.25 bits per heavy atom. The lowest BCUT2D eigenvalue weighted by Crippen LogP contribution is -2.34. The molecule has 2 rings (SSSR count). The summed E-state index contributed by atoms with van der Waals surface area (Å²) in [5, 5.41) is 0. The zero-order chi connectivity index (χ0) is 11.4. The highest BCUT2D eigenvalue weighted by Crippen LogP contribution is 2.21. The van der Waals surface area contributed by atoms with Crippen LogP contribution in [0, 0.1) is 5.92 Å². The highest BCUT2D eigenvalue weighted by molar-refractivity contribution is 5.72. The number of rotatable bonds is 3. The van der Waals surface area contributed by atoms with E-state index in [1.54, 1.807) is 12.3 Å². The number of aromatic nitrogens is 1. The third-order valence-electron chi connectivity index (χ3n) is 2.99. The van der Waals surface area contributed by atoms with Gasteiger partial charge in [-0.25, -0.2) is 0 Å². The fourth-order valence-corrected chi connectivity index (χ4v) is 1.95. The van der Waals surface area contributed by atoms with Crippen LogP contribution in [-0.4, -0.2) is 30.6 Å². The van der Waals surface area contributed by atoms with Crippen molar-refractivity contribution in [3.63, 3.8) is 0 Å². The van der Waals surface area contributed by atoms with Crippen LogP contribution in [0.4, 0.5) is 5.69 Å². The average molecular weight is 218 g/mol. The molecule has 0 amide bonds. The summed E-state index contributed by atoms with van der Waals surface area (Å²) in [7, 11) is 0. The highest BCUT2D eigenvalue weighted by atomic mass is 16.1. The van der Waals surface area contributed by atoms with E-state index in [4.69, 9.17) is 0 Å². The van der Waals surface area contributed by atoms with Crippen LogP contribution in [0.5, 0.6) is 0 Å². The van der Waals surface area contributed by atoms with Gasteiger partial charge in [0, 0.05) is 19.0 Å². The fourth-order valence-electron chi connectivity index (χ4n) is 1.95. The molecule has 1 aromatic heterocycles. The molecule has 1 saturated heterocycles. The van der Waals surface area contributed by atoms with Gasteiger partial charge >= 0.3 is 0 Å². The second kappa shape index (κ2) is 4.88. The van der Waals surface area contributed by atoms with Crippen molar-refractivity contribution in [1.29, 1.82) is 0 Å². The Morgan fingerprint density at radius 2 is 2.00 bits per heavy atom. The van der Waals surface area contributed by atoms with Gasteiger partial charge in [-0.05, 0) is 25.0 Å². The van der Waals surface area contributed by atoms with Crippen molar-refractivity contribution in [1.82, 2.24) is 4.98 Å². The lowest BCUT2D eigenvalue weighted by molar-refractivity contribution is -0.111. The smallest absolute Gasteiger partial charge is 0.168 e. The summed E-state index contributed by atoms with van der Waals surface area (Å²) in [5.74, 6) is 0.207. The van der Waals surface area contributed by atoms with Gasteiger partial charge in [0.05, 0.1) is 11.9 Å². The van der Waals surface area contributed by atoms with E-state index in [0.29, 0.717) is 5.69 Å². The highest BCUT2D eigenvalue weighted by Gasteiger charge is 2.18. The number of hydrogen-bond donors (Lipinski definition) is 0. The third kappa shape index (κ3) is 2.27. The Labute approximate surface area is 94.3 Å². The molecule has 2 heterocycles. The molecule has 0 aliphatic carbocycles. The van der Waals surface area contributed by atoms with E-state index in [0.717, 1.165) is 44.2 Å². The monoisotopic (exact) mass is 218 g/mol. The Kier molecular flexibility index (Phi) is 3.29. The SMILES string of the molecule is O=Cc1ccc(N2CCC(C=O)CC2)cn1. The first-order chi connectivity index (χ1) is 7.83. The Hall–Kier alpha value is -1.71. The molecule has 0 radical (unpaired) electrons. The van der Waals surface area contributed by atoms with E-state index in [2.05, 4.69) is 9.88 Å². The van der Waals surface area contributed by atoms with Crippen molar-refractivity contribution in [3.05, 3.63) is 24.0 Å². The second-order valence-corrected chi connectivity index (χ2v) is 4.02. The zero-order valence-corrected chi connectivity index (χ0v) is 9.00. The molecule has 4 heteroatoms. The van der Waals surface area contributed by atoms with Crippen LogP contribution in [0.3, 0.4) is 0 Å². The van der Waals surface area contributed by atoms with Crippen LogP contribution in [0.2, 0.25) is 0 Å². The van der Waals surface area contributed by atoms with Crippen molar-refractivity contribution in [2.45, 2.75) is 12.8 Å². The maximum absolute atomic E-state index is 10.6. The van der Waals surface area contributed by atoms with Gasteiger partial charge in [-0.15, -0.1) is 0 Å². The second-order valence-electron chi connectivity index (χ2n) is 4.02. The zero-order valence-electron chi connectivity index (χ0n) is 9.00. The van der Waals surface area contributed by atoms with Crippen molar-refractivity contribution >= 4 is 18.3 Å². The van der Waals surface area contributed by atoms with Gasteiger partial charge in [0.25, 0.3) is 0 Å². The van der Waals surface area contributed by atoms with Crippen LogP contribution in [0.15, 0.2) is 18.3 Å². The first-order valence-electron chi connectivity index (χ1n) is 5.45. The summed E-state index contributed by atoms with van der Waals surface area (Å²) in [6.45, 7) is 1.76. The van der Waals surface area contributed by atoms with Crippen molar-refractivity contribution in [3.8, 4) is 0 Å². The minimum atomic E-state index is 0.207. The van der Waals surface area contributed by atoms with Crippen LogP contribution < -0.4 is 4.90 Å². The number of nitrogens with zero attached hydrogens (tertiary/aromatic N) is 2. The summed E-state index contributed by atoms with van der Waals surface area (Å²) in [5.41, 5.74) is 1.47. The van der Waals surface area contributed by atoms with Crippen LogP contribution in [0.25, 0.3) is 0 Å². The van der Waals surface area contributed by atoms with Gasteiger partial charge in [0.2, 0.25) is 0 Å². The van der Waals surface area contributed by atoms with Gasteiger partial charge in [-0.2, -0.15) is 0 Å². The summed E-state index contributed by atoms with van der Waals surface area (Å²) in [6.07, 6.45) is 5.30. The minimum absolute atomic E-state index is 0.207. The number of pyridine rings is 1. The number of hydrogen-bond acceptors (Lipinski definition) is 4. The lowest BCUT2D eigenvalue weighted by Gasteiger charge is -2.31. The van der Waals surface area contributed by atoms with Crippen LogP contribution >= 0.6 is 0 Å². The van der Waals surface area contributed by atoms with Gasteiger partial charge in [0.15, 0.2) is 6.29 Å². The van der Waals surface area contributed by atoms with E-state index in [1.165, 1.54) is 0 Å². The molecule has 0 atom stereocenters. The van der Waals surface area contributed by atoms with E-state index in [-0.39, 0.29) is 5.92 Å². The summed E-state index contributed by atoms with van der Waals surface area (Å²) in [6, 6.07) is 3.62. The van der Waals surface area contributed by atoms with Crippen molar-refractivity contribution in [2.24, 2.45) is 5.92 Å². The van der Waals surface area contributed by atoms with Crippen molar-refractivity contribution in [2.75, 3.05) is 18.0 Å². The minimum Gasteiger partial charge on any atom is -0.370 e. The lowest BCUT2D eigenvalue weighted by atomic mass is 9.98. The van der Waals surface area contributed by atoms with Crippen LogP contribution in [0.1, 0.15) is 23.3 Å². The molecule has 0 aromatic carbocycles. The number of carbonyl (C=O) groups excluding carboxylic acids is 2. The van der Waals surface area contributed by atoms with E-state index in [9.17, 15) is 9.59 Å². The molecule has 0 N–H and O–H groups in total. The quantitative estimate of drug-likeness (QED) is 0.718. The molecule has 84 valence electrons. The van der Waals surface area contributed by atoms with E-state index >= 15 is 0 Å². The molecule has 0 saturated carbocycles. The predicted octanol–water partition coefficient (Wildman–Crippen LogP) is 1.31. The Morgan fingerprint density at radius 3 is 2.50 bits per heavy atom. The van der Waals surface area contributed by atoms with Crippen LogP contribution in [-0.2, 0) is 4.79 Å². The molecule has 1 aromatic rings. The van der Waals surface area contributed by atoms with Crippen molar-refractivity contribution < 1.29 is 9.59 Å². The molecule has 1 aliphatic rings. The number of carbonyl (C=O) groups is 2. The average Bonchev–Trinajstić information content (AvgIpc) is 2.39. The molecule has 1 fully saturated rings. The Bertz CT molecular complexity index is 367. The fraction of sp³-hybridized carbons (Fsp3) is 0.417. The normalized spacial score (nSPS) is 17.1. The summed E-state index contributed by atoms with van der Waals surface area (Å²) in [4.78, 5) is 27.3. The van der Waals surface area contributed by atoms with E-state index < -0.39 is 0 Å². The summed E-state index contributed by atoms with van der Waals surface area (Å²) < 4.78 is 0. The molecule has 4 nitrogen and oxygen atoms in total. The van der Waals surface area contributed by atoms with E-state index in [1.807, 2.05) is 6.07 Å². The molecule has 1 aliphatic heterocycles.